The molecular formula is C16H22N2O3. The summed E-state index contributed by atoms with van der Waals surface area (Å²) in [5, 5.41) is 15.0. The van der Waals surface area contributed by atoms with Crippen LogP contribution < -0.4 is 10.6 Å². The van der Waals surface area contributed by atoms with Crippen LogP contribution in [0.1, 0.15) is 31.4 Å². The van der Waals surface area contributed by atoms with Crippen LogP contribution in [-0.2, 0) is 22.6 Å². The fourth-order valence-electron chi connectivity index (χ4n) is 2.60. The summed E-state index contributed by atoms with van der Waals surface area (Å²) in [6.45, 7) is 4.52. The average molecular weight is 290 g/mol. The number of aliphatic carboxylic acids is 1. The third-order valence-electron chi connectivity index (χ3n) is 3.72. The average Bonchev–Trinajstić information content (AvgIpc) is 2.45. The Morgan fingerprint density at radius 2 is 2.00 bits per heavy atom. The molecule has 3 N–H and O–H groups in total. The first-order chi connectivity index (χ1) is 9.97. The molecule has 5 nitrogen and oxygen atoms in total. The van der Waals surface area contributed by atoms with Crippen molar-refractivity contribution in [1.82, 2.24) is 10.6 Å². The molecule has 0 saturated heterocycles. The molecule has 0 aromatic heterocycles. The molecule has 1 aromatic carbocycles. The highest BCUT2D eigenvalue weighted by Gasteiger charge is 2.28. The topological polar surface area (TPSA) is 78.4 Å². The molecule has 1 aliphatic rings. The molecule has 0 spiro atoms. The number of carboxylic acid groups (broad SMARTS) is 1. The van der Waals surface area contributed by atoms with Crippen molar-refractivity contribution in [3.8, 4) is 0 Å². The van der Waals surface area contributed by atoms with E-state index in [2.05, 4.69) is 10.6 Å². The minimum absolute atomic E-state index is 0.214. The van der Waals surface area contributed by atoms with Gasteiger partial charge in [-0.2, -0.15) is 0 Å². The second-order valence-corrected chi connectivity index (χ2v) is 5.94. The standard InChI is InChI=1S/C16H22N2O3/c1-10(2)7-14(16(20)21)18-15(19)13-8-11-5-3-4-6-12(11)9-17-13/h3-6,10,13-14,17H,7-9H2,1-2H3,(H,18,19)(H,20,21)/t13-,14?/m1/s1. The van der Waals surface area contributed by atoms with Crippen LogP contribution in [0.2, 0.25) is 0 Å². The van der Waals surface area contributed by atoms with Gasteiger partial charge in [0, 0.05) is 6.54 Å². The Hall–Kier alpha value is -1.88. The second kappa shape index (κ2) is 6.72. The highest BCUT2D eigenvalue weighted by molar-refractivity contribution is 5.87. The molecule has 2 atom stereocenters. The lowest BCUT2D eigenvalue weighted by atomic mass is 9.95. The summed E-state index contributed by atoms with van der Waals surface area (Å²) in [4.78, 5) is 23.5. The van der Waals surface area contributed by atoms with Crippen molar-refractivity contribution in [2.24, 2.45) is 5.92 Å². The lowest BCUT2D eigenvalue weighted by Gasteiger charge is -2.27. The molecule has 0 radical (unpaired) electrons. The number of carbonyl (C=O) groups is 2. The Morgan fingerprint density at radius 3 is 2.62 bits per heavy atom. The molecule has 1 amide bonds. The third kappa shape index (κ3) is 4.04. The van der Waals surface area contributed by atoms with Gasteiger partial charge < -0.3 is 15.7 Å². The van der Waals surface area contributed by atoms with Gasteiger partial charge in [0.1, 0.15) is 6.04 Å². The predicted molar refractivity (Wildman–Crippen MR) is 79.8 cm³/mol. The van der Waals surface area contributed by atoms with Crippen molar-refractivity contribution < 1.29 is 14.7 Å². The normalized spacial score (nSPS) is 18.9. The molecule has 0 fully saturated rings. The summed E-state index contributed by atoms with van der Waals surface area (Å²) in [6, 6.07) is 6.79. The minimum Gasteiger partial charge on any atom is -0.480 e. The SMILES string of the molecule is CC(C)CC(NC(=O)[C@H]1Cc2ccccc2CN1)C(=O)O. The van der Waals surface area contributed by atoms with Crippen LogP contribution in [0.5, 0.6) is 0 Å². The van der Waals surface area contributed by atoms with Crippen molar-refractivity contribution in [3.05, 3.63) is 35.4 Å². The van der Waals surface area contributed by atoms with Gasteiger partial charge in [0.25, 0.3) is 0 Å². The monoisotopic (exact) mass is 290 g/mol. The van der Waals surface area contributed by atoms with E-state index in [9.17, 15) is 14.7 Å². The number of fused-ring (bicyclic) bond motifs is 1. The molecule has 21 heavy (non-hydrogen) atoms. The van der Waals surface area contributed by atoms with E-state index in [0.717, 1.165) is 5.56 Å². The minimum atomic E-state index is -0.978. The van der Waals surface area contributed by atoms with E-state index in [0.29, 0.717) is 19.4 Å². The van der Waals surface area contributed by atoms with Gasteiger partial charge >= 0.3 is 5.97 Å². The fourth-order valence-corrected chi connectivity index (χ4v) is 2.60. The maximum atomic E-state index is 12.3. The Bertz CT molecular complexity index is 528. The summed E-state index contributed by atoms with van der Waals surface area (Å²) < 4.78 is 0. The molecule has 5 heteroatoms. The van der Waals surface area contributed by atoms with Gasteiger partial charge in [0.2, 0.25) is 5.91 Å². The van der Waals surface area contributed by atoms with Crippen LogP contribution in [0.3, 0.4) is 0 Å². The number of amides is 1. The molecule has 114 valence electrons. The van der Waals surface area contributed by atoms with Gasteiger partial charge in [0.15, 0.2) is 0 Å². The quantitative estimate of drug-likeness (QED) is 0.764. The summed E-state index contributed by atoms with van der Waals surface area (Å²) in [5.41, 5.74) is 2.34. The number of hydrogen-bond acceptors (Lipinski definition) is 3. The van der Waals surface area contributed by atoms with E-state index in [1.807, 2.05) is 38.1 Å². The number of rotatable bonds is 5. The summed E-state index contributed by atoms with van der Waals surface area (Å²) >= 11 is 0. The van der Waals surface area contributed by atoms with E-state index < -0.39 is 12.0 Å². The van der Waals surface area contributed by atoms with Crippen LogP contribution in [-0.4, -0.2) is 29.1 Å². The van der Waals surface area contributed by atoms with Crippen molar-refractivity contribution in [3.63, 3.8) is 0 Å². The van der Waals surface area contributed by atoms with Crippen LogP contribution in [0.25, 0.3) is 0 Å². The molecule has 1 aliphatic heterocycles. The first-order valence-electron chi connectivity index (χ1n) is 7.30. The zero-order valence-electron chi connectivity index (χ0n) is 12.4. The molecule has 0 bridgehead atoms. The van der Waals surface area contributed by atoms with Crippen molar-refractivity contribution in [2.45, 2.75) is 45.3 Å². The van der Waals surface area contributed by atoms with Gasteiger partial charge in [-0.3, -0.25) is 4.79 Å². The van der Waals surface area contributed by atoms with Gasteiger partial charge in [0.05, 0.1) is 6.04 Å². The van der Waals surface area contributed by atoms with E-state index in [1.54, 1.807) is 0 Å². The zero-order chi connectivity index (χ0) is 15.4. The summed E-state index contributed by atoms with van der Waals surface area (Å²) in [6.07, 6.45) is 1.03. The molecule has 1 unspecified atom stereocenters. The number of carboxylic acids is 1. The third-order valence-corrected chi connectivity index (χ3v) is 3.72. The Morgan fingerprint density at radius 1 is 1.33 bits per heavy atom. The van der Waals surface area contributed by atoms with Crippen LogP contribution in [0.4, 0.5) is 0 Å². The van der Waals surface area contributed by atoms with E-state index in [1.165, 1.54) is 5.56 Å². The first kappa shape index (κ1) is 15.5. The molecule has 1 aromatic rings. The predicted octanol–water partition coefficient (Wildman–Crippen LogP) is 1.32. The van der Waals surface area contributed by atoms with E-state index >= 15 is 0 Å². The zero-order valence-corrected chi connectivity index (χ0v) is 12.4. The maximum absolute atomic E-state index is 12.3. The van der Waals surface area contributed by atoms with Gasteiger partial charge in [-0.25, -0.2) is 4.79 Å². The molecule has 1 heterocycles. The Balaban J connectivity index is 1.99. The fraction of sp³-hybridized carbons (Fsp3) is 0.500. The lowest BCUT2D eigenvalue weighted by Crippen LogP contribution is -2.52. The Labute approximate surface area is 124 Å². The largest absolute Gasteiger partial charge is 0.480 e. The summed E-state index contributed by atoms with van der Waals surface area (Å²) in [7, 11) is 0. The van der Waals surface area contributed by atoms with E-state index in [4.69, 9.17) is 0 Å². The van der Waals surface area contributed by atoms with Crippen molar-refractivity contribution in [2.75, 3.05) is 0 Å². The molecular weight excluding hydrogens is 268 g/mol. The number of benzene rings is 1. The van der Waals surface area contributed by atoms with Gasteiger partial charge in [-0.15, -0.1) is 0 Å². The lowest BCUT2D eigenvalue weighted by molar-refractivity contribution is -0.142. The van der Waals surface area contributed by atoms with Crippen LogP contribution >= 0.6 is 0 Å². The maximum Gasteiger partial charge on any atom is 0.326 e. The van der Waals surface area contributed by atoms with E-state index in [-0.39, 0.29) is 17.9 Å². The molecule has 2 rings (SSSR count). The smallest absolute Gasteiger partial charge is 0.326 e. The number of nitrogens with one attached hydrogen (secondary N) is 2. The highest BCUT2D eigenvalue weighted by Crippen LogP contribution is 2.16. The van der Waals surface area contributed by atoms with Crippen LogP contribution in [0, 0.1) is 5.92 Å². The van der Waals surface area contributed by atoms with Crippen LogP contribution in [0.15, 0.2) is 24.3 Å². The highest BCUT2D eigenvalue weighted by atomic mass is 16.4. The van der Waals surface area contributed by atoms with Crippen molar-refractivity contribution >= 4 is 11.9 Å². The van der Waals surface area contributed by atoms with Gasteiger partial charge in [-0.1, -0.05) is 38.1 Å². The Kier molecular flexibility index (Phi) is 4.96. The van der Waals surface area contributed by atoms with Crippen molar-refractivity contribution in [1.29, 1.82) is 0 Å². The second-order valence-electron chi connectivity index (χ2n) is 5.94. The first-order valence-corrected chi connectivity index (χ1v) is 7.30. The number of carbonyl (C=O) groups excluding carboxylic acids is 1. The molecule has 0 saturated carbocycles. The summed E-state index contributed by atoms with van der Waals surface area (Å²) in [5.74, 6) is -1.00. The van der Waals surface area contributed by atoms with Gasteiger partial charge in [-0.05, 0) is 29.9 Å². The molecule has 0 aliphatic carbocycles. The number of hydrogen-bond donors (Lipinski definition) is 3.